The highest BCUT2D eigenvalue weighted by Gasteiger charge is 2.21. The Bertz CT molecular complexity index is 1320. The summed E-state index contributed by atoms with van der Waals surface area (Å²) in [5.41, 5.74) is 9.90. The van der Waals surface area contributed by atoms with Crippen LogP contribution in [-0.4, -0.2) is 54.3 Å². The maximum Gasteiger partial charge on any atom is 0.320 e. The molecule has 1 aliphatic heterocycles. The van der Waals surface area contributed by atoms with Gasteiger partial charge in [0.05, 0.1) is 12.2 Å². The number of carbonyl (C=O) groups is 2. The molecule has 10 nitrogen and oxygen atoms in total. The lowest BCUT2D eigenvalue weighted by Crippen LogP contribution is -2.35. The van der Waals surface area contributed by atoms with Crippen LogP contribution in [0.2, 0.25) is 0 Å². The van der Waals surface area contributed by atoms with Crippen molar-refractivity contribution in [2.24, 2.45) is 5.73 Å². The van der Waals surface area contributed by atoms with E-state index >= 15 is 0 Å². The van der Waals surface area contributed by atoms with Gasteiger partial charge in [-0.25, -0.2) is 9.97 Å². The van der Waals surface area contributed by atoms with Gasteiger partial charge in [0.1, 0.15) is 17.4 Å². The van der Waals surface area contributed by atoms with E-state index in [4.69, 9.17) is 10.8 Å². The van der Waals surface area contributed by atoms with Gasteiger partial charge in [-0.15, -0.1) is 0 Å². The second-order valence-electron chi connectivity index (χ2n) is 7.38. The number of aromatic nitrogens is 5. The Balaban J connectivity index is 1.51. The summed E-state index contributed by atoms with van der Waals surface area (Å²) < 4.78 is 1.68. The average molecular weight is 417 g/mol. The monoisotopic (exact) mass is 417 g/mol. The van der Waals surface area contributed by atoms with Crippen molar-refractivity contribution in [2.45, 2.75) is 19.0 Å². The highest BCUT2D eigenvalue weighted by atomic mass is 16.4. The number of aliphatic carboxylic acids is 1. The fourth-order valence-corrected chi connectivity index (χ4v) is 3.71. The molecular formula is C21H19N7O3. The lowest BCUT2D eigenvalue weighted by Gasteiger charge is -2.13. The van der Waals surface area contributed by atoms with Crippen LogP contribution in [0.4, 0.5) is 0 Å². The van der Waals surface area contributed by atoms with Crippen molar-refractivity contribution in [1.29, 1.82) is 0 Å². The Morgan fingerprint density at radius 1 is 1.26 bits per heavy atom. The highest BCUT2D eigenvalue weighted by molar-refractivity contribution is 5.94. The van der Waals surface area contributed by atoms with E-state index in [1.54, 1.807) is 29.2 Å². The predicted molar refractivity (Wildman–Crippen MR) is 112 cm³/mol. The van der Waals surface area contributed by atoms with Crippen LogP contribution < -0.4 is 11.1 Å². The lowest BCUT2D eigenvalue weighted by atomic mass is 10.0. The molecule has 0 saturated heterocycles. The third-order valence-electron chi connectivity index (χ3n) is 5.32. The van der Waals surface area contributed by atoms with Crippen LogP contribution in [0.1, 0.15) is 16.1 Å². The molecule has 5 N–H and O–H groups in total. The molecule has 1 amide bonds. The zero-order valence-corrected chi connectivity index (χ0v) is 16.4. The Morgan fingerprint density at radius 3 is 2.94 bits per heavy atom. The van der Waals surface area contributed by atoms with Gasteiger partial charge in [0.15, 0.2) is 5.82 Å². The van der Waals surface area contributed by atoms with Crippen LogP contribution in [0.25, 0.3) is 33.7 Å². The zero-order chi connectivity index (χ0) is 21.5. The number of aromatic amines is 1. The van der Waals surface area contributed by atoms with Gasteiger partial charge in [-0.1, -0.05) is 0 Å². The van der Waals surface area contributed by atoms with E-state index in [1.807, 2.05) is 18.2 Å². The van der Waals surface area contributed by atoms with Crippen LogP contribution in [0.15, 0.2) is 42.7 Å². The fourth-order valence-electron chi connectivity index (χ4n) is 3.71. The molecule has 0 aliphatic carbocycles. The predicted octanol–water partition coefficient (Wildman–Crippen LogP) is 1.19. The largest absolute Gasteiger partial charge is 0.480 e. The van der Waals surface area contributed by atoms with Crippen LogP contribution >= 0.6 is 0 Å². The summed E-state index contributed by atoms with van der Waals surface area (Å²) in [6.07, 6.45) is 3.63. The Labute approximate surface area is 176 Å². The highest BCUT2D eigenvalue weighted by Crippen LogP contribution is 2.27. The van der Waals surface area contributed by atoms with Gasteiger partial charge in [0.2, 0.25) is 0 Å². The smallest absolute Gasteiger partial charge is 0.320 e. The average Bonchev–Trinajstić information content (AvgIpc) is 3.39. The summed E-state index contributed by atoms with van der Waals surface area (Å²) >= 11 is 0. The van der Waals surface area contributed by atoms with Crippen molar-refractivity contribution in [2.75, 3.05) is 6.54 Å². The molecule has 5 rings (SSSR count). The first kappa shape index (κ1) is 18.9. The van der Waals surface area contributed by atoms with E-state index in [9.17, 15) is 9.59 Å². The van der Waals surface area contributed by atoms with Gasteiger partial charge in [0.25, 0.3) is 5.91 Å². The van der Waals surface area contributed by atoms with Gasteiger partial charge >= 0.3 is 5.97 Å². The fraction of sp³-hybridized carbons (Fsp3) is 0.190. The third kappa shape index (κ3) is 3.42. The molecule has 156 valence electrons. The topological polar surface area (TPSA) is 152 Å². The van der Waals surface area contributed by atoms with Gasteiger partial charge in [-0.3, -0.25) is 14.3 Å². The Morgan fingerprint density at radius 2 is 2.13 bits per heavy atom. The summed E-state index contributed by atoms with van der Waals surface area (Å²) in [4.78, 5) is 35.3. The van der Waals surface area contributed by atoms with Crippen molar-refractivity contribution >= 4 is 22.8 Å². The first-order valence-electron chi connectivity index (χ1n) is 9.78. The number of nitrogens with one attached hydrogen (secondary N) is 2. The summed E-state index contributed by atoms with van der Waals surface area (Å²) in [5, 5.41) is 17.3. The molecule has 0 fully saturated rings. The molecule has 0 spiro atoms. The van der Waals surface area contributed by atoms with Crippen LogP contribution in [0.5, 0.6) is 0 Å². The number of benzene rings is 1. The number of carboxylic acids is 1. The molecule has 1 aromatic carbocycles. The van der Waals surface area contributed by atoms with Crippen LogP contribution in [0.3, 0.4) is 0 Å². The van der Waals surface area contributed by atoms with Gasteiger partial charge in [-0.2, -0.15) is 5.10 Å². The van der Waals surface area contributed by atoms with Crippen LogP contribution in [-0.2, 0) is 17.8 Å². The van der Waals surface area contributed by atoms with Gasteiger partial charge < -0.3 is 21.1 Å². The Hall–Kier alpha value is -4.05. The molecule has 4 aromatic rings. The summed E-state index contributed by atoms with van der Waals surface area (Å²) in [6, 6.07) is 8.20. The SMILES string of the molecule is N[C@@H](Cc1c[nH]c2ccc(-c3nccc(-c4cc5n(n4)CCNC5=O)n3)cc12)C(=O)O. The van der Waals surface area contributed by atoms with Gasteiger partial charge in [0, 0.05) is 41.8 Å². The summed E-state index contributed by atoms with van der Waals surface area (Å²) in [6.45, 7) is 1.16. The summed E-state index contributed by atoms with van der Waals surface area (Å²) in [5.74, 6) is -0.688. The number of H-pyrrole nitrogens is 1. The van der Waals surface area contributed by atoms with Crippen molar-refractivity contribution < 1.29 is 14.7 Å². The quantitative estimate of drug-likeness (QED) is 0.380. The van der Waals surface area contributed by atoms with E-state index in [0.29, 0.717) is 36.0 Å². The number of nitrogens with two attached hydrogens (primary N) is 1. The van der Waals surface area contributed by atoms with E-state index < -0.39 is 12.0 Å². The number of carbonyl (C=O) groups excluding carboxylic acids is 1. The number of nitrogens with zero attached hydrogens (tertiary/aromatic N) is 4. The normalized spacial score (nSPS) is 14.3. The number of hydrogen-bond donors (Lipinski definition) is 4. The molecule has 0 saturated carbocycles. The standard InChI is InChI=1S/C21H19N7O3/c22-14(21(30)31)8-12-10-25-15-2-1-11(7-13(12)15)19-23-4-3-16(26-19)17-9-18-20(29)24-5-6-28(18)27-17/h1-4,7,9-10,14,25H,5-6,8,22H2,(H,24,29)(H,30,31)/t14-/m0/s1. The maximum absolute atomic E-state index is 12.0. The van der Waals surface area contributed by atoms with E-state index in [0.717, 1.165) is 22.0 Å². The molecule has 3 aromatic heterocycles. The van der Waals surface area contributed by atoms with Crippen molar-refractivity contribution in [3.63, 3.8) is 0 Å². The lowest BCUT2D eigenvalue weighted by molar-refractivity contribution is -0.138. The second-order valence-corrected chi connectivity index (χ2v) is 7.38. The maximum atomic E-state index is 12.0. The first-order valence-corrected chi connectivity index (χ1v) is 9.78. The molecule has 1 atom stereocenters. The minimum Gasteiger partial charge on any atom is -0.480 e. The van der Waals surface area contributed by atoms with E-state index in [2.05, 4.69) is 25.4 Å². The molecule has 0 radical (unpaired) electrons. The second kappa shape index (κ2) is 7.33. The van der Waals surface area contributed by atoms with Crippen molar-refractivity contribution in [3.8, 4) is 22.8 Å². The van der Waals surface area contributed by atoms with E-state index in [1.165, 1.54) is 0 Å². The molecule has 31 heavy (non-hydrogen) atoms. The zero-order valence-electron chi connectivity index (χ0n) is 16.4. The minimum atomic E-state index is -1.04. The third-order valence-corrected chi connectivity index (χ3v) is 5.32. The molecule has 10 heteroatoms. The number of carboxylic acid groups (broad SMARTS) is 1. The molecule has 4 heterocycles. The summed E-state index contributed by atoms with van der Waals surface area (Å²) in [7, 11) is 0. The van der Waals surface area contributed by atoms with Crippen molar-refractivity contribution in [1.82, 2.24) is 30.0 Å². The first-order chi connectivity index (χ1) is 15.0. The Kier molecular flexibility index (Phi) is 4.48. The van der Waals surface area contributed by atoms with Gasteiger partial charge in [-0.05, 0) is 35.9 Å². The number of hydrogen-bond acceptors (Lipinski definition) is 6. The van der Waals surface area contributed by atoms with Crippen molar-refractivity contribution in [3.05, 3.63) is 54.0 Å². The molecule has 0 bridgehead atoms. The van der Waals surface area contributed by atoms with E-state index in [-0.39, 0.29) is 12.3 Å². The number of rotatable bonds is 5. The van der Waals surface area contributed by atoms with Crippen LogP contribution in [0, 0.1) is 0 Å². The number of amides is 1. The molecule has 1 aliphatic rings. The molecule has 0 unspecified atom stereocenters. The number of fused-ring (bicyclic) bond motifs is 2. The molecular weight excluding hydrogens is 398 g/mol. The minimum absolute atomic E-state index is 0.149.